The van der Waals surface area contributed by atoms with Crippen molar-refractivity contribution in [2.45, 2.75) is 33.0 Å². The lowest BCUT2D eigenvalue weighted by molar-refractivity contribution is 0.199. The lowest BCUT2D eigenvalue weighted by atomic mass is 10.1. The number of halogens is 1. The fourth-order valence-corrected chi connectivity index (χ4v) is 1.36. The number of benzene rings is 1. The maximum absolute atomic E-state index is 9.32. The van der Waals surface area contributed by atoms with Gasteiger partial charge in [-0.3, -0.25) is 0 Å². The minimum atomic E-state index is -0.499. The first kappa shape index (κ1) is 11.3. The van der Waals surface area contributed by atoms with Gasteiger partial charge in [-0.1, -0.05) is 17.7 Å². The molecule has 1 aromatic carbocycles. The molecule has 1 atom stereocenters. The standard InChI is InChI=1S/C11H15ClO2/c1-7(2)14-11-5-4-9(8(3)13)6-10(11)12/h4-8,13H,1-3H3. The van der Waals surface area contributed by atoms with E-state index >= 15 is 0 Å². The van der Waals surface area contributed by atoms with Gasteiger partial charge in [0, 0.05) is 0 Å². The Morgan fingerprint density at radius 1 is 1.29 bits per heavy atom. The molecule has 0 aliphatic rings. The summed E-state index contributed by atoms with van der Waals surface area (Å²) < 4.78 is 5.47. The van der Waals surface area contributed by atoms with Crippen molar-refractivity contribution in [3.05, 3.63) is 28.8 Å². The Hall–Kier alpha value is -0.730. The van der Waals surface area contributed by atoms with Gasteiger partial charge in [0.05, 0.1) is 17.2 Å². The van der Waals surface area contributed by atoms with Gasteiger partial charge in [0.15, 0.2) is 0 Å². The Morgan fingerprint density at radius 3 is 2.36 bits per heavy atom. The zero-order valence-corrected chi connectivity index (χ0v) is 9.38. The van der Waals surface area contributed by atoms with Crippen LogP contribution in [0.3, 0.4) is 0 Å². The molecule has 0 aliphatic heterocycles. The summed E-state index contributed by atoms with van der Waals surface area (Å²) in [5, 5.41) is 9.86. The van der Waals surface area contributed by atoms with Gasteiger partial charge >= 0.3 is 0 Å². The van der Waals surface area contributed by atoms with Crippen molar-refractivity contribution in [1.82, 2.24) is 0 Å². The molecule has 0 bridgehead atoms. The van der Waals surface area contributed by atoms with Crippen LogP contribution in [-0.4, -0.2) is 11.2 Å². The van der Waals surface area contributed by atoms with Crippen LogP contribution in [0, 0.1) is 0 Å². The van der Waals surface area contributed by atoms with Gasteiger partial charge in [0.2, 0.25) is 0 Å². The first-order valence-corrected chi connectivity index (χ1v) is 5.02. The average Bonchev–Trinajstić information content (AvgIpc) is 2.07. The number of hydrogen-bond acceptors (Lipinski definition) is 2. The van der Waals surface area contributed by atoms with Crippen molar-refractivity contribution in [3.63, 3.8) is 0 Å². The third kappa shape index (κ3) is 2.89. The van der Waals surface area contributed by atoms with Crippen LogP contribution in [0.15, 0.2) is 18.2 Å². The highest BCUT2D eigenvalue weighted by molar-refractivity contribution is 6.32. The maximum atomic E-state index is 9.32. The van der Waals surface area contributed by atoms with E-state index in [4.69, 9.17) is 16.3 Å². The number of aliphatic hydroxyl groups excluding tert-OH is 1. The maximum Gasteiger partial charge on any atom is 0.138 e. The topological polar surface area (TPSA) is 29.5 Å². The number of aliphatic hydroxyl groups is 1. The van der Waals surface area contributed by atoms with Crippen molar-refractivity contribution in [3.8, 4) is 5.75 Å². The van der Waals surface area contributed by atoms with E-state index in [-0.39, 0.29) is 6.10 Å². The van der Waals surface area contributed by atoms with Gasteiger partial charge < -0.3 is 9.84 Å². The molecule has 0 saturated heterocycles. The Morgan fingerprint density at radius 2 is 1.93 bits per heavy atom. The van der Waals surface area contributed by atoms with Crippen LogP contribution in [0.2, 0.25) is 5.02 Å². The Labute approximate surface area is 89.5 Å². The smallest absolute Gasteiger partial charge is 0.138 e. The van der Waals surface area contributed by atoms with Crippen LogP contribution in [0.4, 0.5) is 0 Å². The molecule has 0 fully saturated rings. The number of rotatable bonds is 3. The molecular formula is C11H15ClO2. The van der Waals surface area contributed by atoms with E-state index in [0.717, 1.165) is 5.56 Å². The molecule has 1 unspecified atom stereocenters. The van der Waals surface area contributed by atoms with Gasteiger partial charge in [-0.25, -0.2) is 0 Å². The van der Waals surface area contributed by atoms with Gasteiger partial charge in [-0.15, -0.1) is 0 Å². The Balaban J connectivity index is 2.90. The highest BCUT2D eigenvalue weighted by atomic mass is 35.5. The second kappa shape index (κ2) is 4.67. The third-order valence-electron chi connectivity index (χ3n) is 1.80. The predicted octanol–water partition coefficient (Wildman–Crippen LogP) is 3.18. The molecule has 1 aromatic rings. The minimum Gasteiger partial charge on any atom is -0.489 e. The lowest BCUT2D eigenvalue weighted by Gasteiger charge is -2.13. The van der Waals surface area contributed by atoms with E-state index in [1.54, 1.807) is 19.1 Å². The van der Waals surface area contributed by atoms with E-state index in [1.807, 2.05) is 19.9 Å². The van der Waals surface area contributed by atoms with Crippen molar-refractivity contribution in [1.29, 1.82) is 0 Å². The summed E-state index contributed by atoms with van der Waals surface area (Å²) in [5.41, 5.74) is 0.797. The summed E-state index contributed by atoms with van der Waals surface area (Å²) in [6.07, 6.45) is -0.398. The second-order valence-electron chi connectivity index (χ2n) is 3.53. The first-order valence-electron chi connectivity index (χ1n) is 4.65. The SMILES string of the molecule is CC(C)Oc1ccc(C(C)O)cc1Cl. The zero-order valence-electron chi connectivity index (χ0n) is 8.62. The summed E-state index contributed by atoms with van der Waals surface area (Å²) in [6.45, 7) is 5.59. The normalized spacial score (nSPS) is 13.0. The minimum absolute atomic E-state index is 0.102. The largest absolute Gasteiger partial charge is 0.489 e. The monoisotopic (exact) mass is 214 g/mol. The molecule has 0 radical (unpaired) electrons. The molecule has 14 heavy (non-hydrogen) atoms. The number of ether oxygens (including phenoxy) is 1. The van der Waals surface area contributed by atoms with E-state index < -0.39 is 6.10 Å². The molecule has 0 heterocycles. The van der Waals surface area contributed by atoms with E-state index in [0.29, 0.717) is 10.8 Å². The van der Waals surface area contributed by atoms with E-state index in [9.17, 15) is 5.11 Å². The van der Waals surface area contributed by atoms with E-state index in [1.165, 1.54) is 0 Å². The molecule has 1 rings (SSSR count). The lowest BCUT2D eigenvalue weighted by Crippen LogP contribution is -2.06. The summed E-state index contributed by atoms with van der Waals surface area (Å²) in [4.78, 5) is 0. The van der Waals surface area contributed by atoms with Gasteiger partial charge in [0.1, 0.15) is 5.75 Å². The van der Waals surface area contributed by atoms with Crippen LogP contribution in [0.5, 0.6) is 5.75 Å². The van der Waals surface area contributed by atoms with Crippen molar-refractivity contribution in [2.75, 3.05) is 0 Å². The van der Waals surface area contributed by atoms with Crippen molar-refractivity contribution >= 4 is 11.6 Å². The zero-order chi connectivity index (χ0) is 10.7. The molecule has 0 saturated carbocycles. The average molecular weight is 215 g/mol. The fraction of sp³-hybridized carbons (Fsp3) is 0.455. The predicted molar refractivity (Wildman–Crippen MR) is 57.8 cm³/mol. The summed E-state index contributed by atoms with van der Waals surface area (Å²) in [5.74, 6) is 0.658. The van der Waals surface area contributed by atoms with Gasteiger partial charge in [-0.05, 0) is 38.5 Å². The summed E-state index contributed by atoms with van der Waals surface area (Å²) >= 11 is 5.98. The third-order valence-corrected chi connectivity index (χ3v) is 2.10. The Bertz CT molecular complexity index is 308. The molecule has 78 valence electrons. The Kier molecular flexibility index (Phi) is 3.78. The highest BCUT2D eigenvalue weighted by Crippen LogP contribution is 2.28. The van der Waals surface area contributed by atoms with Gasteiger partial charge in [0.25, 0.3) is 0 Å². The van der Waals surface area contributed by atoms with Crippen LogP contribution in [-0.2, 0) is 0 Å². The van der Waals surface area contributed by atoms with Gasteiger partial charge in [-0.2, -0.15) is 0 Å². The van der Waals surface area contributed by atoms with E-state index in [2.05, 4.69) is 0 Å². The molecule has 0 spiro atoms. The van der Waals surface area contributed by atoms with Crippen LogP contribution in [0.25, 0.3) is 0 Å². The molecule has 0 aliphatic carbocycles. The molecule has 0 amide bonds. The van der Waals surface area contributed by atoms with Crippen molar-refractivity contribution in [2.24, 2.45) is 0 Å². The fourth-order valence-electron chi connectivity index (χ4n) is 1.13. The summed E-state index contributed by atoms with van der Waals surface area (Å²) in [6, 6.07) is 5.32. The molecule has 0 aromatic heterocycles. The molecule has 1 N–H and O–H groups in total. The van der Waals surface area contributed by atoms with Crippen LogP contribution < -0.4 is 4.74 Å². The molecule has 2 nitrogen and oxygen atoms in total. The highest BCUT2D eigenvalue weighted by Gasteiger charge is 2.07. The van der Waals surface area contributed by atoms with Crippen LogP contribution in [0.1, 0.15) is 32.4 Å². The van der Waals surface area contributed by atoms with Crippen LogP contribution >= 0.6 is 11.6 Å². The molecular weight excluding hydrogens is 200 g/mol. The number of hydrogen-bond donors (Lipinski definition) is 1. The second-order valence-corrected chi connectivity index (χ2v) is 3.94. The quantitative estimate of drug-likeness (QED) is 0.838. The summed E-state index contributed by atoms with van der Waals surface area (Å²) in [7, 11) is 0. The first-order chi connectivity index (χ1) is 6.50. The molecule has 3 heteroatoms. The van der Waals surface area contributed by atoms with Crippen molar-refractivity contribution < 1.29 is 9.84 Å².